The summed E-state index contributed by atoms with van der Waals surface area (Å²) in [5.41, 5.74) is 2.07. The average molecular weight is 367 g/mol. The van der Waals surface area contributed by atoms with Crippen LogP contribution in [0.3, 0.4) is 0 Å². The first-order valence-electron chi connectivity index (χ1n) is 8.93. The summed E-state index contributed by atoms with van der Waals surface area (Å²) >= 11 is 0. The summed E-state index contributed by atoms with van der Waals surface area (Å²) in [5, 5.41) is 20.4. The molecule has 25 heavy (non-hydrogen) atoms. The van der Waals surface area contributed by atoms with Gasteiger partial charge in [0.25, 0.3) is 0 Å². The molecule has 2 unspecified atom stereocenters. The highest BCUT2D eigenvalue weighted by molar-refractivity contribution is 7.83. The number of benzene rings is 1. The number of rotatable bonds is 2. The van der Waals surface area contributed by atoms with Gasteiger partial charge in [-0.15, -0.1) is 0 Å². The van der Waals surface area contributed by atoms with Crippen LogP contribution in [0.4, 0.5) is 0 Å². The largest absolute Gasteiger partial charge is 0.508 e. The van der Waals surface area contributed by atoms with E-state index in [4.69, 9.17) is 0 Å². The highest BCUT2D eigenvalue weighted by atomic mass is 32.2. The minimum Gasteiger partial charge on any atom is -0.508 e. The van der Waals surface area contributed by atoms with E-state index in [0.717, 1.165) is 25.7 Å². The first-order chi connectivity index (χ1) is 11.7. The average Bonchev–Trinajstić information content (AvgIpc) is 2.76. The fourth-order valence-electron chi connectivity index (χ4n) is 5.96. The molecule has 1 aromatic carbocycles. The van der Waals surface area contributed by atoms with Crippen LogP contribution in [0.5, 0.6) is 5.75 Å². The topological polar surface area (TPSA) is 107 Å². The van der Waals surface area contributed by atoms with Crippen LogP contribution < -0.4 is 4.72 Å². The lowest BCUT2D eigenvalue weighted by Crippen LogP contribution is -2.50. The van der Waals surface area contributed by atoms with Crippen LogP contribution >= 0.6 is 0 Å². The number of aliphatic hydroxyl groups excluding tert-OH is 1. The number of fused-ring (bicyclic) bond motifs is 5. The van der Waals surface area contributed by atoms with Gasteiger partial charge >= 0.3 is 10.3 Å². The van der Waals surface area contributed by atoms with E-state index in [1.165, 1.54) is 11.1 Å². The van der Waals surface area contributed by atoms with Gasteiger partial charge in [-0.3, -0.25) is 4.55 Å². The molecule has 0 saturated heterocycles. The summed E-state index contributed by atoms with van der Waals surface area (Å²) in [4.78, 5) is 0. The van der Waals surface area contributed by atoms with Gasteiger partial charge in [0, 0.05) is 6.04 Å². The van der Waals surface area contributed by atoms with E-state index in [9.17, 15) is 23.2 Å². The highest BCUT2D eigenvalue weighted by Crippen LogP contribution is 2.61. The van der Waals surface area contributed by atoms with E-state index >= 15 is 0 Å². The third-order valence-electron chi connectivity index (χ3n) is 6.98. The van der Waals surface area contributed by atoms with Gasteiger partial charge in [-0.1, -0.05) is 13.0 Å². The van der Waals surface area contributed by atoms with E-state index in [1.807, 2.05) is 12.1 Å². The Labute approximate surface area is 148 Å². The normalized spacial score (nSPS) is 40.2. The molecular weight excluding hydrogens is 342 g/mol. The monoisotopic (exact) mass is 367 g/mol. The van der Waals surface area contributed by atoms with Crippen molar-refractivity contribution in [3.63, 3.8) is 0 Å². The smallest absolute Gasteiger partial charge is 0.333 e. The fourth-order valence-corrected chi connectivity index (χ4v) is 6.59. The molecule has 0 heterocycles. The Morgan fingerprint density at radius 2 is 2.04 bits per heavy atom. The Morgan fingerprint density at radius 1 is 1.28 bits per heavy atom. The number of hydrogen-bond acceptors (Lipinski definition) is 4. The van der Waals surface area contributed by atoms with Crippen molar-refractivity contribution >= 4 is 10.3 Å². The molecule has 3 aliphatic rings. The third kappa shape index (κ3) is 2.77. The Balaban J connectivity index is 1.72. The maximum absolute atomic E-state index is 11.4. The van der Waals surface area contributed by atoms with Crippen molar-refractivity contribution in [1.82, 2.24) is 4.72 Å². The van der Waals surface area contributed by atoms with Gasteiger partial charge in [0.2, 0.25) is 0 Å². The number of aliphatic hydroxyl groups is 1. The van der Waals surface area contributed by atoms with Crippen molar-refractivity contribution in [3.8, 4) is 5.75 Å². The molecule has 0 aromatic heterocycles. The lowest BCUT2D eigenvalue weighted by Gasteiger charge is -2.51. The SMILES string of the molecule is C[C@]12CC[C@@H]3c4ccc(O)cc4CC[C@H]3[C@@H]1C(NS(=O)(=O)O)CC2O. The Hall–Kier alpha value is -1.15. The number of hydrogen-bond donors (Lipinski definition) is 4. The van der Waals surface area contributed by atoms with Crippen molar-refractivity contribution in [2.75, 3.05) is 0 Å². The molecule has 6 atom stereocenters. The van der Waals surface area contributed by atoms with Crippen LogP contribution in [0.25, 0.3) is 0 Å². The summed E-state index contributed by atoms with van der Waals surface area (Å²) in [6.45, 7) is 2.05. The van der Waals surface area contributed by atoms with Gasteiger partial charge < -0.3 is 10.2 Å². The minimum absolute atomic E-state index is 0.00914. The molecule has 6 nitrogen and oxygen atoms in total. The molecule has 138 valence electrons. The maximum atomic E-state index is 11.4. The molecule has 1 aromatic rings. The molecule has 2 saturated carbocycles. The van der Waals surface area contributed by atoms with Crippen molar-refractivity contribution < 1.29 is 23.2 Å². The lowest BCUT2D eigenvalue weighted by molar-refractivity contribution is -0.0255. The van der Waals surface area contributed by atoms with Crippen molar-refractivity contribution in [3.05, 3.63) is 29.3 Å². The van der Waals surface area contributed by atoms with Gasteiger partial charge in [-0.25, -0.2) is 0 Å². The molecule has 0 bridgehead atoms. The van der Waals surface area contributed by atoms with Crippen molar-refractivity contribution in [2.45, 2.75) is 57.1 Å². The standard InChI is InChI=1S/C18H25NO5S/c1-18-7-6-13-12-5-3-11(20)8-10(12)2-4-14(13)17(18)15(9-16(18)21)19-25(22,23)24/h3,5,8,13-17,19-21H,2,4,6-7,9H2,1H3,(H,22,23,24)/t13-,14-,15?,16?,17-,18-/m1/s1. The Morgan fingerprint density at radius 3 is 2.76 bits per heavy atom. The van der Waals surface area contributed by atoms with Gasteiger partial charge in [-0.2, -0.15) is 13.1 Å². The molecule has 7 heteroatoms. The van der Waals surface area contributed by atoms with Crippen molar-refractivity contribution in [1.29, 1.82) is 0 Å². The fraction of sp³-hybridized carbons (Fsp3) is 0.667. The van der Waals surface area contributed by atoms with Crippen LogP contribution in [-0.2, 0) is 16.7 Å². The molecular formula is C18H25NO5S. The van der Waals surface area contributed by atoms with Crippen LogP contribution in [0, 0.1) is 17.3 Å². The van der Waals surface area contributed by atoms with E-state index in [2.05, 4.69) is 11.6 Å². The second kappa shape index (κ2) is 5.67. The van der Waals surface area contributed by atoms with Crippen LogP contribution in [0.1, 0.15) is 49.7 Å². The van der Waals surface area contributed by atoms with Gasteiger partial charge in [0.05, 0.1) is 6.10 Å². The molecule has 0 amide bonds. The first-order valence-corrected chi connectivity index (χ1v) is 10.4. The van der Waals surface area contributed by atoms with E-state index in [0.29, 0.717) is 12.3 Å². The molecule has 2 fully saturated rings. The second-order valence-electron chi connectivity index (χ2n) is 8.21. The molecule has 3 aliphatic carbocycles. The number of nitrogens with one attached hydrogen (secondary N) is 1. The predicted octanol–water partition coefficient (Wildman–Crippen LogP) is 1.98. The quantitative estimate of drug-likeness (QED) is 0.598. The second-order valence-corrected chi connectivity index (χ2v) is 9.40. The summed E-state index contributed by atoms with van der Waals surface area (Å²) < 4.78 is 34.4. The van der Waals surface area contributed by atoms with Gasteiger partial charge in [-0.05, 0) is 78.5 Å². The third-order valence-corrected chi connectivity index (χ3v) is 7.58. The Bertz CT molecular complexity index is 795. The Kier molecular flexibility index (Phi) is 3.92. The molecule has 0 spiro atoms. The molecule has 4 rings (SSSR count). The maximum Gasteiger partial charge on any atom is 0.333 e. The summed E-state index contributed by atoms with van der Waals surface area (Å²) in [5.74, 6) is 0.829. The zero-order chi connectivity index (χ0) is 18.0. The number of aryl methyl sites for hydroxylation is 1. The molecule has 4 N–H and O–H groups in total. The molecule has 0 aliphatic heterocycles. The lowest BCUT2D eigenvalue weighted by atomic mass is 9.55. The predicted molar refractivity (Wildman–Crippen MR) is 92.6 cm³/mol. The zero-order valence-electron chi connectivity index (χ0n) is 14.2. The number of phenols is 1. The van der Waals surface area contributed by atoms with Gasteiger partial charge in [0.1, 0.15) is 5.75 Å². The summed E-state index contributed by atoms with van der Waals surface area (Å²) in [6, 6.07) is 5.09. The van der Waals surface area contributed by atoms with E-state index in [-0.39, 0.29) is 23.0 Å². The van der Waals surface area contributed by atoms with E-state index in [1.54, 1.807) is 6.07 Å². The number of aromatic hydroxyl groups is 1. The van der Waals surface area contributed by atoms with Crippen molar-refractivity contribution in [2.24, 2.45) is 17.3 Å². The summed E-state index contributed by atoms with van der Waals surface area (Å²) in [7, 11) is -4.31. The molecule has 0 radical (unpaired) electrons. The van der Waals surface area contributed by atoms with Gasteiger partial charge in [0.15, 0.2) is 0 Å². The van der Waals surface area contributed by atoms with Crippen LogP contribution in [0.15, 0.2) is 18.2 Å². The van der Waals surface area contributed by atoms with Crippen LogP contribution in [-0.4, -0.2) is 35.3 Å². The minimum atomic E-state index is -4.31. The first kappa shape index (κ1) is 17.3. The zero-order valence-corrected chi connectivity index (χ0v) is 15.0. The summed E-state index contributed by atoms with van der Waals surface area (Å²) in [6.07, 6.45) is 3.28. The highest BCUT2D eigenvalue weighted by Gasteiger charge is 2.59. The van der Waals surface area contributed by atoms with E-state index < -0.39 is 22.4 Å². The van der Waals surface area contributed by atoms with Crippen LogP contribution in [0.2, 0.25) is 0 Å². The number of phenolic OH excluding ortho intramolecular Hbond substituents is 1.